The van der Waals surface area contributed by atoms with Crippen LogP contribution < -0.4 is 0 Å². The summed E-state index contributed by atoms with van der Waals surface area (Å²) in [6, 6.07) is 0. The number of nitrogens with zero attached hydrogens (tertiary/aromatic N) is 4. The van der Waals surface area contributed by atoms with Gasteiger partial charge in [-0.2, -0.15) is 0 Å². The van der Waals surface area contributed by atoms with E-state index in [1.807, 2.05) is 23.9 Å². The molecule has 0 saturated carbocycles. The lowest BCUT2D eigenvalue weighted by atomic mass is 9.97. The molecule has 0 radical (unpaired) electrons. The van der Waals surface area contributed by atoms with Crippen LogP contribution >= 0.6 is 11.3 Å². The highest BCUT2D eigenvalue weighted by atomic mass is 32.1. The smallest absolute Gasteiger partial charge is 0.236 e. The molecule has 1 saturated heterocycles. The van der Waals surface area contributed by atoms with Crippen LogP contribution in [-0.4, -0.2) is 66.7 Å². The molecule has 2 aliphatic heterocycles. The summed E-state index contributed by atoms with van der Waals surface area (Å²) >= 11 is 1.70. The summed E-state index contributed by atoms with van der Waals surface area (Å²) < 4.78 is 0. The molecular formula is C15H22N4O2S. The molecule has 2 aliphatic rings. The number of carbonyl (C=O) groups excluding carboxylic acids is 1. The molecule has 7 heteroatoms. The maximum Gasteiger partial charge on any atom is 0.236 e. The zero-order valence-electron chi connectivity index (χ0n) is 13.1. The third-order valence-corrected chi connectivity index (χ3v) is 5.08. The molecule has 120 valence electrons. The summed E-state index contributed by atoms with van der Waals surface area (Å²) in [6.45, 7) is 2.81. The Labute approximate surface area is 134 Å². The van der Waals surface area contributed by atoms with Crippen LogP contribution in [0.5, 0.6) is 0 Å². The molecule has 0 aliphatic carbocycles. The van der Waals surface area contributed by atoms with E-state index in [-0.39, 0.29) is 5.91 Å². The van der Waals surface area contributed by atoms with Gasteiger partial charge in [-0.3, -0.25) is 4.79 Å². The van der Waals surface area contributed by atoms with Gasteiger partial charge in [0, 0.05) is 30.8 Å². The molecule has 0 unspecified atom stereocenters. The Morgan fingerprint density at radius 3 is 2.86 bits per heavy atom. The number of hydrogen-bond donors (Lipinski definition) is 0. The number of oxime groups is 1. The van der Waals surface area contributed by atoms with Gasteiger partial charge in [0.15, 0.2) is 0 Å². The number of amides is 1. The highest BCUT2D eigenvalue weighted by molar-refractivity contribution is 7.09. The quantitative estimate of drug-likeness (QED) is 0.844. The second kappa shape index (κ2) is 6.75. The summed E-state index contributed by atoms with van der Waals surface area (Å²) in [7, 11) is 3.86. The summed E-state index contributed by atoms with van der Waals surface area (Å²) in [5.41, 5.74) is 1.92. The molecule has 6 nitrogen and oxygen atoms in total. The first-order chi connectivity index (χ1) is 10.6. The van der Waals surface area contributed by atoms with E-state index in [9.17, 15) is 4.79 Å². The first-order valence-electron chi connectivity index (χ1n) is 7.70. The Morgan fingerprint density at radius 1 is 1.45 bits per heavy atom. The van der Waals surface area contributed by atoms with Crippen molar-refractivity contribution in [2.75, 3.05) is 40.3 Å². The average molecular weight is 322 g/mol. The molecule has 0 atom stereocenters. The van der Waals surface area contributed by atoms with Crippen LogP contribution in [0.1, 0.15) is 35.9 Å². The van der Waals surface area contributed by atoms with Crippen molar-refractivity contribution in [3.05, 3.63) is 16.1 Å². The van der Waals surface area contributed by atoms with Gasteiger partial charge < -0.3 is 14.6 Å². The Balaban J connectivity index is 1.56. The summed E-state index contributed by atoms with van der Waals surface area (Å²) in [6.07, 6.45) is 2.84. The lowest BCUT2D eigenvalue weighted by Gasteiger charge is -2.31. The second-order valence-electron chi connectivity index (χ2n) is 6.09. The van der Waals surface area contributed by atoms with Crippen molar-refractivity contribution in [3.63, 3.8) is 0 Å². The van der Waals surface area contributed by atoms with Gasteiger partial charge in [0.05, 0.1) is 17.2 Å². The van der Waals surface area contributed by atoms with Crippen LogP contribution in [0.15, 0.2) is 10.5 Å². The Kier molecular flexibility index (Phi) is 4.73. The lowest BCUT2D eigenvalue weighted by molar-refractivity contribution is -0.132. The highest BCUT2D eigenvalue weighted by Gasteiger charge is 2.26. The van der Waals surface area contributed by atoms with Crippen molar-refractivity contribution >= 4 is 23.0 Å². The molecule has 1 amide bonds. The topological polar surface area (TPSA) is 58.0 Å². The van der Waals surface area contributed by atoms with E-state index in [1.165, 1.54) is 5.01 Å². The van der Waals surface area contributed by atoms with E-state index in [1.54, 1.807) is 11.3 Å². The van der Waals surface area contributed by atoms with Gasteiger partial charge in [-0.15, -0.1) is 11.3 Å². The third kappa shape index (κ3) is 3.47. The third-order valence-electron chi connectivity index (χ3n) is 4.07. The van der Waals surface area contributed by atoms with Gasteiger partial charge in [-0.1, -0.05) is 5.16 Å². The van der Waals surface area contributed by atoms with Gasteiger partial charge in [0.25, 0.3) is 0 Å². The molecular weight excluding hydrogens is 300 g/mol. The molecule has 3 rings (SSSR count). The maximum atomic E-state index is 12.1. The Hall–Kier alpha value is -1.47. The van der Waals surface area contributed by atoms with E-state index in [0.29, 0.717) is 19.1 Å². The first kappa shape index (κ1) is 15.4. The monoisotopic (exact) mass is 322 g/mol. The van der Waals surface area contributed by atoms with Crippen LogP contribution in [0.3, 0.4) is 0 Å². The average Bonchev–Trinajstić information content (AvgIpc) is 3.18. The zero-order chi connectivity index (χ0) is 15.5. The molecule has 0 N–H and O–H groups in total. The Morgan fingerprint density at radius 2 is 2.23 bits per heavy atom. The van der Waals surface area contributed by atoms with Crippen LogP contribution in [0.4, 0.5) is 0 Å². The van der Waals surface area contributed by atoms with Gasteiger partial charge in [0.2, 0.25) is 5.91 Å². The number of likely N-dealkylation sites (N-methyl/N-ethyl adjacent to an activating group) is 1. The fraction of sp³-hybridized carbons (Fsp3) is 0.667. The number of hydrogen-bond acceptors (Lipinski definition) is 6. The fourth-order valence-corrected chi connectivity index (χ4v) is 3.84. The Bertz CT molecular complexity index is 562. The zero-order valence-corrected chi connectivity index (χ0v) is 13.9. The minimum Gasteiger partial charge on any atom is -0.395 e. The van der Waals surface area contributed by atoms with Gasteiger partial charge in [-0.05, 0) is 26.9 Å². The van der Waals surface area contributed by atoms with Crippen LogP contribution in [-0.2, 0) is 9.63 Å². The van der Waals surface area contributed by atoms with E-state index in [4.69, 9.17) is 9.82 Å². The van der Waals surface area contributed by atoms with Gasteiger partial charge >= 0.3 is 0 Å². The van der Waals surface area contributed by atoms with Crippen molar-refractivity contribution < 1.29 is 9.63 Å². The molecule has 22 heavy (non-hydrogen) atoms. The van der Waals surface area contributed by atoms with Crippen molar-refractivity contribution in [1.29, 1.82) is 0 Å². The van der Waals surface area contributed by atoms with E-state index in [0.717, 1.165) is 43.8 Å². The second-order valence-corrected chi connectivity index (χ2v) is 6.97. The highest BCUT2D eigenvalue weighted by Crippen LogP contribution is 2.31. The number of likely N-dealkylation sites (tertiary alicyclic amines) is 1. The SMILES string of the molecule is CN(C)CC(=O)N1CCC(c2nc(C3=NOCC3)cs2)CC1. The van der Waals surface area contributed by atoms with Crippen molar-refractivity contribution in [3.8, 4) is 0 Å². The molecule has 0 spiro atoms. The molecule has 1 aromatic rings. The van der Waals surface area contributed by atoms with E-state index < -0.39 is 0 Å². The van der Waals surface area contributed by atoms with Crippen molar-refractivity contribution in [2.45, 2.75) is 25.2 Å². The van der Waals surface area contributed by atoms with Crippen LogP contribution in [0.2, 0.25) is 0 Å². The van der Waals surface area contributed by atoms with Gasteiger partial charge in [0.1, 0.15) is 12.3 Å². The standard InChI is InChI=1S/C15H22N4O2S/c1-18(2)9-14(20)19-6-3-11(4-7-19)15-16-13(10-22-15)12-5-8-21-17-12/h10-11H,3-9H2,1-2H3. The number of carbonyl (C=O) groups is 1. The number of piperidine rings is 1. The molecule has 0 aromatic carbocycles. The minimum absolute atomic E-state index is 0.223. The minimum atomic E-state index is 0.223. The predicted octanol–water partition coefficient (Wildman–Crippen LogP) is 1.54. The largest absolute Gasteiger partial charge is 0.395 e. The normalized spacial score (nSPS) is 19.4. The first-order valence-corrected chi connectivity index (χ1v) is 8.58. The molecule has 3 heterocycles. The van der Waals surface area contributed by atoms with Crippen molar-refractivity contribution in [2.24, 2.45) is 5.16 Å². The number of rotatable bonds is 4. The van der Waals surface area contributed by atoms with Crippen LogP contribution in [0, 0.1) is 0 Å². The molecule has 1 aromatic heterocycles. The predicted molar refractivity (Wildman–Crippen MR) is 86.3 cm³/mol. The molecule has 0 bridgehead atoms. The van der Waals surface area contributed by atoms with E-state index in [2.05, 4.69) is 10.5 Å². The number of thiazole rings is 1. The maximum absolute atomic E-state index is 12.1. The van der Waals surface area contributed by atoms with E-state index >= 15 is 0 Å². The summed E-state index contributed by atoms with van der Waals surface area (Å²) in [5, 5.41) is 7.28. The van der Waals surface area contributed by atoms with Crippen molar-refractivity contribution in [1.82, 2.24) is 14.8 Å². The van der Waals surface area contributed by atoms with Crippen LogP contribution in [0.25, 0.3) is 0 Å². The van der Waals surface area contributed by atoms with Gasteiger partial charge in [-0.25, -0.2) is 4.98 Å². The fourth-order valence-electron chi connectivity index (χ4n) is 2.84. The molecule has 1 fully saturated rings. The number of aromatic nitrogens is 1. The summed E-state index contributed by atoms with van der Waals surface area (Å²) in [5.74, 6) is 0.686. The lowest BCUT2D eigenvalue weighted by Crippen LogP contribution is -2.42. The summed E-state index contributed by atoms with van der Waals surface area (Å²) in [4.78, 5) is 25.7.